The van der Waals surface area contributed by atoms with E-state index in [0.29, 0.717) is 36.2 Å². The predicted octanol–water partition coefficient (Wildman–Crippen LogP) is 6.92. The van der Waals surface area contributed by atoms with Crippen LogP contribution in [-0.4, -0.2) is 22.3 Å². The van der Waals surface area contributed by atoms with Gasteiger partial charge in [-0.1, -0.05) is 46.3 Å². The molecule has 0 saturated heterocycles. The number of rotatable bonds is 4. The number of ketones is 2. The molecule has 3 nitrogen and oxygen atoms in total. The molecule has 4 aliphatic carbocycles. The van der Waals surface area contributed by atoms with Crippen LogP contribution in [0.4, 0.5) is 0 Å². The van der Waals surface area contributed by atoms with Crippen LogP contribution in [0, 0.1) is 45.3 Å². The van der Waals surface area contributed by atoms with Crippen molar-refractivity contribution in [2.45, 2.75) is 119 Å². The van der Waals surface area contributed by atoms with E-state index in [0.717, 1.165) is 44.9 Å². The Balaban J connectivity index is 1.68. The van der Waals surface area contributed by atoms with Gasteiger partial charge in [-0.15, -0.1) is 0 Å². The summed E-state index contributed by atoms with van der Waals surface area (Å²) in [5, 5.41) is 11.6. The molecule has 4 fully saturated rings. The van der Waals surface area contributed by atoms with Crippen molar-refractivity contribution in [3.05, 3.63) is 11.6 Å². The Labute approximate surface area is 202 Å². The van der Waals surface area contributed by atoms with Gasteiger partial charge in [0.15, 0.2) is 0 Å². The molecule has 4 saturated carbocycles. The van der Waals surface area contributed by atoms with Gasteiger partial charge in [0.2, 0.25) is 0 Å². The lowest BCUT2D eigenvalue weighted by Gasteiger charge is -2.68. The molecule has 0 aliphatic heterocycles. The van der Waals surface area contributed by atoms with Gasteiger partial charge >= 0.3 is 0 Å². The van der Waals surface area contributed by atoms with Crippen molar-refractivity contribution in [1.82, 2.24) is 0 Å². The van der Waals surface area contributed by atoms with Crippen LogP contribution in [0.3, 0.4) is 0 Å². The van der Waals surface area contributed by atoms with Crippen LogP contribution in [0.25, 0.3) is 0 Å². The molecule has 0 aromatic carbocycles. The van der Waals surface area contributed by atoms with Crippen molar-refractivity contribution >= 4 is 11.6 Å². The average Bonchev–Trinajstić information content (AvgIpc) is 3.08. The minimum atomic E-state index is -0.812. The summed E-state index contributed by atoms with van der Waals surface area (Å²) in [5.41, 5.74) is 0.230. The number of carbonyl (C=O) groups excluding carboxylic acids is 2. The fourth-order valence-corrected chi connectivity index (χ4v) is 9.77. The fourth-order valence-electron chi connectivity index (χ4n) is 9.77. The molecule has 0 aromatic rings. The van der Waals surface area contributed by atoms with Gasteiger partial charge in [-0.3, -0.25) is 9.59 Å². The fraction of sp³-hybridized carbons (Fsp3) is 0.867. The van der Waals surface area contributed by atoms with Crippen LogP contribution in [0.2, 0.25) is 0 Å². The van der Waals surface area contributed by atoms with Gasteiger partial charge in [-0.2, -0.15) is 0 Å². The van der Waals surface area contributed by atoms with E-state index in [-0.39, 0.29) is 33.5 Å². The third-order valence-electron chi connectivity index (χ3n) is 11.9. The Morgan fingerprint density at radius 1 is 1.00 bits per heavy atom. The second-order valence-electron chi connectivity index (χ2n) is 14.1. The molecule has 4 rings (SSSR count). The molecular weight excluding hydrogens is 408 g/mol. The molecule has 3 heteroatoms. The van der Waals surface area contributed by atoms with Crippen molar-refractivity contribution in [2.24, 2.45) is 45.3 Å². The Morgan fingerprint density at radius 2 is 1.64 bits per heavy atom. The zero-order chi connectivity index (χ0) is 24.6. The minimum Gasteiger partial charge on any atom is -0.390 e. The van der Waals surface area contributed by atoms with Gasteiger partial charge in [0.1, 0.15) is 11.6 Å². The molecular formula is C30H48O3. The lowest BCUT2D eigenvalue weighted by Crippen LogP contribution is -2.65. The highest BCUT2D eigenvalue weighted by Crippen LogP contribution is 2.74. The van der Waals surface area contributed by atoms with Crippen LogP contribution >= 0.6 is 0 Å². The van der Waals surface area contributed by atoms with Crippen LogP contribution in [0.1, 0.15) is 113 Å². The first-order valence-corrected chi connectivity index (χ1v) is 13.5. The van der Waals surface area contributed by atoms with Crippen molar-refractivity contribution in [3.63, 3.8) is 0 Å². The number of allylic oxidation sites excluding steroid dienone is 2. The third kappa shape index (κ3) is 3.46. The van der Waals surface area contributed by atoms with E-state index in [1.54, 1.807) is 0 Å². The van der Waals surface area contributed by atoms with Gasteiger partial charge < -0.3 is 5.11 Å². The van der Waals surface area contributed by atoms with Gasteiger partial charge in [0.25, 0.3) is 0 Å². The number of hydrogen-bond donors (Lipinski definition) is 1. The molecule has 0 bridgehead atoms. The molecule has 0 radical (unpaired) electrons. The lowest BCUT2D eigenvalue weighted by molar-refractivity contribution is -0.205. The van der Waals surface area contributed by atoms with Crippen LogP contribution in [0.15, 0.2) is 11.6 Å². The number of carbonyl (C=O) groups is 2. The molecule has 4 aliphatic rings. The zero-order valence-electron chi connectivity index (χ0n) is 22.5. The molecule has 0 aromatic heterocycles. The van der Waals surface area contributed by atoms with Gasteiger partial charge in [-0.25, -0.2) is 0 Å². The maximum atomic E-state index is 14.0. The lowest BCUT2D eigenvalue weighted by atomic mass is 9.35. The molecule has 186 valence electrons. The van der Waals surface area contributed by atoms with E-state index in [1.807, 2.05) is 6.92 Å². The SMILES string of the molecule is CC(C)=CCC[C@@](C)(O)C1CC[C@]2(C)C1C(=O)CC1[C@@]3(C)CCC(=O)C(C)(C)C3CC[C@]12C. The smallest absolute Gasteiger partial charge is 0.138 e. The molecule has 1 N–H and O–H groups in total. The van der Waals surface area contributed by atoms with E-state index in [9.17, 15) is 14.7 Å². The summed E-state index contributed by atoms with van der Waals surface area (Å²) < 4.78 is 0. The molecule has 4 unspecified atom stereocenters. The number of hydrogen-bond acceptors (Lipinski definition) is 3. The van der Waals surface area contributed by atoms with Crippen LogP contribution < -0.4 is 0 Å². The highest BCUT2D eigenvalue weighted by molar-refractivity contribution is 5.86. The standard InChI is InChI=1S/C30H48O3/c1-19(2)10-9-14-30(8,33)20-11-16-29(7)25(20)21(31)18-23-27(5)15-13-24(32)26(3,4)22(27)12-17-28(23,29)6/h10,20,22-23,25,33H,9,11-18H2,1-8H3/t20?,22?,23?,25?,27-,28+,29+,30+/m0/s1. The molecule has 0 heterocycles. The second-order valence-corrected chi connectivity index (χ2v) is 14.1. The van der Waals surface area contributed by atoms with E-state index >= 15 is 0 Å². The summed E-state index contributed by atoms with van der Waals surface area (Å²) in [4.78, 5) is 26.8. The number of Topliss-reactive ketones (excluding diaryl/α,β-unsaturated/α-hetero) is 2. The first kappa shape index (κ1) is 25.1. The Morgan fingerprint density at radius 3 is 2.27 bits per heavy atom. The van der Waals surface area contributed by atoms with Gasteiger partial charge in [0, 0.05) is 24.2 Å². The third-order valence-corrected chi connectivity index (χ3v) is 11.9. The summed E-state index contributed by atoms with van der Waals surface area (Å²) in [7, 11) is 0. The van der Waals surface area contributed by atoms with E-state index < -0.39 is 5.60 Å². The topological polar surface area (TPSA) is 54.4 Å². The molecule has 33 heavy (non-hydrogen) atoms. The van der Waals surface area contributed by atoms with Crippen LogP contribution in [-0.2, 0) is 9.59 Å². The first-order chi connectivity index (χ1) is 15.1. The molecule has 0 amide bonds. The summed E-state index contributed by atoms with van der Waals surface area (Å²) in [6.07, 6.45) is 10.2. The monoisotopic (exact) mass is 456 g/mol. The minimum absolute atomic E-state index is 0.0398. The second kappa shape index (κ2) is 7.77. The van der Waals surface area contributed by atoms with Crippen molar-refractivity contribution in [3.8, 4) is 0 Å². The highest BCUT2D eigenvalue weighted by atomic mass is 16.3. The van der Waals surface area contributed by atoms with Crippen molar-refractivity contribution < 1.29 is 14.7 Å². The van der Waals surface area contributed by atoms with E-state index in [4.69, 9.17) is 0 Å². The molecule has 8 atom stereocenters. The summed E-state index contributed by atoms with van der Waals surface area (Å²) in [6.45, 7) is 17.8. The van der Waals surface area contributed by atoms with E-state index in [2.05, 4.69) is 54.5 Å². The normalized spacial score (nSPS) is 46.1. The molecule has 0 spiro atoms. The summed E-state index contributed by atoms with van der Waals surface area (Å²) >= 11 is 0. The predicted molar refractivity (Wildman–Crippen MR) is 134 cm³/mol. The summed E-state index contributed by atoms with van der Waals surface area (Å²) in [6, 6.07) is 0. The first-order valence-electron chi connectivity index (χ1n) is 13.5. The van der Waals surface area contributed by atoms with Crippen molar-refractivity contribution in [2.75, 3.05) is 0 Å². The van der Waals surface area contributed by atoms with Crippen LogP contribution in [0.5, 0.6) is 0 Å². The van der Waals surface area contributed by atoms with E-state index in [1.165, 1.54) is 5.57 Å². The Kier molecular flexibility index (Phi) is 5.92. The zero-order valence-corrected chi connectivity index (χ0v) is 22.5. The Hall–Kier alpha value is -0.960. The average molecular weight is 457 g/mol. The maximum absolute atomic E-state index is 14.0. The summed E-state index contributed by atoms with van der Waals surface area (Å²) in [5.74, 6) is 1.50. The largest absolute Gasteiger partial charge is 0.390 e. The quantitative estimate of drug-likeness (QED) is 0.467. The van der Waals surface area contributed by atoms with Crippen molar-refractivity contribution in [1.29, 1.82) is 0 Å². The highest BCUT2D eigenvalue weighted by Gasteiger charge is 2.71. The maximum Gasteiger partial charge on any atom is 0.138 e. The van der Waals surface area contributed by atoms with Gasteiger partial charge in [0.05, 0.1) is 5.60 Å². The van der Waals surface area contributed by atoms with Gasteiger partial charge in [-0.05, 0) is 99.7 Å². The number of fused-ring (bicyclic) bond motifs is 5. The Bertz CT molecular complexity index is 862. The number of aliphatic hydroxyl groups is 1.